The Morgan fingerprint density at radius 3 is 2.53 bits per heavy atom. The van der Waals surface area contributed by atoms with E-state index in [0.29, 0.717) is 17.4 Å². The maximum absolute atomic E-state index is 9.10. The Hall–Kier alpha value is -1.67. The lowest BCUT2D eigenvalue weighted by Crippen LogP contribution is -2.28. The minimum Gasteiger partial charge on any atom is -0.366 e. The number of hydrogen-bond acceptors (Lipinski definition) is 5. The Balaban J connectivity index is 2.66. The van der Waals surface area contributed by atoms with E-state index in [9.17, 15) is 0 Å². The number of aryl methyl sites for hydroxylation is 1. The molecular weight excluding hydrogens is 214 g/mol. The number of rotatable bonds is 5. The van der Waals surface area contributed by atoms with Crippen LogP contribution in [0.3, 0.4) is 0 Å². The lowest BCUT2D eigenvalue weighted by atomic mass is 10.1. The van der Waals surface area contributed by atoms with Crippen molar-refractivity contribution in [1.82, 2.24) is 15.5 Å². The number of nitriles is 1. The van der Waals surface area contributed by atoms with Crippen LogP contribution in [0.15, 0.2) is 0 Å². The number of hydrogen-bond donors (Lipinski definition) is 2. The Morgan fingerprint density at radius 2 is 1.94 bits per heavy atom. The van der Waals surface area contributed by atoms with Crippen LogP contribution in [-0.4, -0.2) is 29.3 Å². The van der Waals surface area contributed by atoms with Gasteiger partial charge in [0.1, 0.15) is 11.6 Å². The van der Waals surface area contributed by atoms with Crippen LogP contribution in [0.5, 0.6) is 0 Å². The summed E-state index contributed by atoms with van der Waals surface area (Å²) in [4.78, 5) is 0. The van der Waals surface area contributed by atoms with Crippen molar-refractivity contribution in [2.24, 2.45) is 0 Å². The first-order valence-corrected chi connectivity index (χ1v) is 5.77. The fourth-order valence-electron chi connectivity index (χ4n) is 1.41. The van der Waals surface area contributed by atoms with Crippen molar-refractivity contribution in [3.63, 3.8) is 0 Å². The molecule has 1 heterocycles. The van der Waals surface area contributed by atoms with Gasteiger partial charge in [-0.05, 0) is 19.4 Å². The van der Waals surface area contributed by atoms with Gasteiger partial charge in [0.25, 0.3) is 0 Å². The lowest BCUT2D eigenvalue weighted by molar-refractivity contribution is 0.601. The quantitative estimate of drug-likeness (QED) is 0.751. The highest BCUT2D eigenvalue weighted by atomic mass is 15.2. The summed E-state index contributed by atoms with van der Waals surface area (Å²) in [6.45, 7) is 9.49. The van der Waals surface area contributed by atoms with Crippen LogP contribution in [0.2, 0.25) is 0 Å². The van der Waals surface area contributed by atoms with Crippen LogP contribution < -0.4 is 10.6 Å². The molecule has 1 rings (SSSR count). The summed E-state index contributed by atoms with van der Waals surface area (Å²) in [5.41, 5.74) is 2.27. The molecule has 0 radical (unpaired) electrons. The van der Waals surface area contributed by atoms with E-state index >= 15 is 0 Å². The number of aromatic nitrogens is 2. The minimum atomic E-state index is 0.457. The van der Waals surface area contributed by atoms with E-state index in [0.717, 1.165) is 24.3 Å². The van der Waals surface area contributed by atoms with Gasteiger partial charge in [-0.3, -0.25) is 0 Å². The molecule has 0 aliphatic heterocycles. The first-order valence-electron chi connectivity index (χ1n) is 5.77. The summed E-state index contributed by atoms with van der Waals surface area (Å²) in [5, 5.41) is 23.5. The third-order valence-electron chi connectivity index (χ3n) is 2.54. The van der Waals surface area contributed by atoms with Gasteiger partial charge >= 0.3 is 0 Å². The Bertz CT molecular complexity index is 420. The molecule has 5 nitrogen and oxygen atoms in total. The van der Waals surface area contributed by atoms with Crippen LogP contribution in [0, 0.1) is 25.2 Å². The number of nitrogens with zero attached hydrogens (tertiary/aromatic N) is 3. The number of anilines is 1. The zero-order valence-electron chi connectivity index (χ0n) is 10.8. The standard InChI is InChI=1S/C12H19N5/c1-8(2)14-5-6-15-12-11(7-13)9(3)10(4)16-17-12/h8,14H,5-6H2,1-4H3,(H,15,17). The van der Waals surface area contributed by atoms with Crippen molar-refractivity contribution in [1.29, 1.82) is 5.26 Å². The summed E-state index contributed by atoms with van der Waals surface area (Å²) in [5.74, 6) is 0.571. The van der Waals surface area contributed by atoms with Crippen LogP contribution in [0.25, 0.3) is 0 Å². The molecule has 0 bridgehead atoms. The molecule has 0 amide bonds. The van der Waals surface area contributed by atoms with Gasteiger partial charge < -0.3 is 10.6 Å². The second kappa shape index (κ2) is 6.16. The van der Waals surface area contributed by atoms with E-state index in [1.54, 1.807) is 0 Å². The second-order valence-electron chi connectivity index (χ2n) is 4.28. The summed E-state index contributed by atoms with van der Waals surface area (Å²) in [6.07, 6.45) is 0. The number of nitrogens with one attached hydrogen (secondary N) is 2. The topological polar surface area (TPSA) is 73.6 Å². The van der Waals surface area contributed by atoms with Crippen molar-refractivity contribution < 1.29 is 0 Å². The predicted octanol–water partition coefficient (Wildman–Crippen LogP) is 1.38. The molecule has 0 unspecified atom stereocenters. The van der Waals surface area contributed by atoms with E-state index in [2.05, 4.69) is 40.7 Å². The normalized spacial score (nSPS) is 10.4. The minimum absolute atomic E-state index is 0.457. The SMILES string of the molecule is Cc1nnc(NCCNC(C)C)c(C#N)c1C. The van der Waals surface area contributed by atoms with E-state index in [-0.39, 0.29) is 0 Å². The van der Waals surface area contributed by atoms with Crippen LogP contribution in [0.4, 0.5) is 5.82 Å². The average Bonchev–Trinajstić information content (AvgIpc) is 2.29. The van der Waals surface area contributed by atoms with E-state index in [1.165, 1.54) is 0 Å². The largest absolute Gasteiger partial charge is 0.366 e. The van der Waals surface area contributed by atoms with Gasteiger partial charge in [0.15, 0.2) is 5.82 Å². The van der Waals surface area contributed by atoms with Gasteiger partial charge in [-0.15, -0.1) is 5.10 Å². The fraction of sp³-hybridized carbons (Fsp3) is 0.583. The molecule has 0 saturated heterocycles. The first-order chi connectivity index (χ1) is 8.06. The third-order valence-corrected chi connectivity index (χ3v) is 2.54. The highest BCUT2D eigenvalue weighted by molar-refractivity contribution is 5.55. The molecule has 2 N–H and O–H groups in total. The highest BCUT2D eigenvalue weighted by Crippen LogP contribution is 2.16. The smallest absolute Gasteiger partial charge is 0.166 e. The third kappa shape index (κ3) is 3.68. The van der Waals surface area contributed by atoms with Crippen LogP contribution in [-0.2, 0) is 0 Å². The first kappa shape index (κ1) is 13.4. The molecule has 17 heavy (non-hydrogen) atoms. The fourth-order valence-corrected chi connectivity index (χ4v) is 1.41. The van der Waals surface area contributed by atoms with Gasteiger partial charge in [0.2, 0.25) is 0 Å². The molecule has 0 fully saturated rings. The van der Waals surface area contributed by atoms with Crippen molar-refractivity contribution in [2.45, 2.75) is 33.7 Å². The zero-order chi connectivity index (χ0) is 12.8. The van der Waals surface area contributed by atoms with Crippen molar-refractivity contribution in [2.75, 3.05) is 18.4 Å². The maximum Gasteiger partial charge on any atom is 0.166 e. The molecule has 5 heteroatoms. The molecule has 0 atom stereocenters. The maximum atomic E-state index is 9.10. The van der Waals surface area contributed by atoms with Gasteiger partial charge in [-0.1, -0.05) is 13.8 Å². The zero-order valence-corrected chi connectivity index (χ0v) is 10.8. The second-order valence-corrected chi connectivity index (χ2v) is 4.28. The summed E-state index contributed by atoms with van der Waals surface area (Å²) in [7, 11) is 0. The van der Waals surface area contributed by atoms with E-state index in [1.807, 2.05) is 13.8 Å². The molecule has 0 aromatic carbocycles. The molecule has 0 aliphatic rings. The van der Waals surface area contributed by atoms with Gasteiger partial charge in [-0.25, -0.2) is 0 Å². The molecular formula is C12H19N5. The average molecular weight is 233 g/mol. The summed E-state index contributed by atoms with van der Waals surface area (Å²) < 4.78 is 0. The van der Waals surface area contributed by atoms with E-state index < -0.39 is 0 Å². The van der Waals surface area contributed by atoms with Crippen LogP contribution >= 0.6 is 0 Å². The van der Waals surface area contributed by atoms with Crippen molar-refractivity contribution >= 4 is 5.82 Å². The highest BCUT2D eigenvalue weighted by Gasteiger charge is 2.09. The molecule has 92 valence electrons. The van der Waals surface area contributed by atoms with E-state index in [4.69, 9.17) is 5.26 Å². The van der Waals surface area contributed by atoms with Crippen molar-refractivity contribution in [3.8, 4) is 6.07 Å². The van der Waals surface area contributed by atoms with Gasteiger partial charge in [0, 0.05) is 19.1 Å². The molecule has 0 aliphatic carbocycles. The van der Waals surface area contributed by atoms with Gasteiger partial charge in [0.05, 0.1) is 5.69 Å². The summed E-state index contributed by atoms with van der Waals surface area (Å²) >= 11 is 0. The van der Waals surface area contributed by atoms with Crippen molar-refractivity contribution in [3.05, 3.63) is 16.8 Å². The summed E-state index contributed by atoms with van der Waals surface area (Å²) in [6, 6.07) is 2.63. The lowest BCUT2D eigenvalue weighted by Gasteiger charge is -2.11. The molecule has 0 spiro atoms. The molecule has 0 saturated carbocycles. The Kier molecular flexibility index (Phi) is 4.85. The Labute approximate surface area is 102 Å². The van der Waals surface area contributed by atoms with Gasteiger partial charge in [-0.2, -0.15) is 10.4 Å². The molecule has 1 aromatic heterocycles. The molecule has 1 aromatic rings. The Morgan fingerprint density at radius 1 is 1.24 bits per heavy atom. The monoisotopic (exact) mass is 233 g/mol. The van der Waals surface area contributed by atoms with Crippen LogP contribution in [0.1, 0.15) is 30.7 Å². The predicted molar refractivity (Wildman–Crippen MR) is 67.8 cm³/mol.